The molecule has 0 fully saturated rings. The second-order valence-electron chi connectivity index (χ2n) is 9.45. The molecule has 7 heteroatoms. The van der Waals surface area contributed by atoms with Crippen LogP contribution in [0.25, 0.3) is 0 Å². The second-order valence-corrected chi connectivity index (χ2v) is 9.45. The minimum atomic E-state index is -0.906. The van der Waals surface area contributed by atoms with Gasteiger partial charge in [-0.2, -0.15) is 0 Å². The zero-order chi connectivity index (χ0) is 26.1. The van der Waals surface area contributed by atoms with Crippen LogP contribution in [-0.2, 0) is 22.6 Å². The third-order valence-electron chi connectivity index (χ3n) is 5.15. The Morgan fingerprint density at radius 3 is 2.17 bits per heavy atom. The van der Waals surface area contributed by atoms with Crippen molar-refractivity contribution in [3.63, 3.8) is 0 Å². The minimum absolute atomic E-state index is 0.0632. The summed E-state index contributed by atoms with van der Waals surface area (Å²) in [6, 6.07) is 22.9. The molecule has 2 amide bonds. The Bertz CT molecular complexity index is 1180. The first kappa shape index (κ1) is 26.5. The number of ketones is 1. The topological polar surface area (TPSA) is 93.7 Å². The van der Waals surface area contributed by atoms with E-state index in [2.05, 4.69) is 10.6 Å². The number of rotatable bonds is 9. The number of ether oxygens (including phenoxy) is 2. The first-order valence-electron chi connectivity index (χ1n) is 11.8. The molecule has 0 aliphatic rings. The van der Waals surface area contributed by atoms with Crippen molar-refractivity contribution in [1.82, 2.24) is 5.32 Å². The van der Waals surface area contributed by atoms with Crippen molar-refractivity contribution in [2.75, 3.05) is 5.32 Å². The molecule has 0 radical (unpaired) electrons. The summed E-state index contributed by atoms with van der Waals surface area (Å²) in [5.41, 5.74) is 2.20. The van der Waals surface area contributed by atoms with Gasteiger partial charge in [-0.3, -0.25) is 9.59 Å². The van der Waals surface area contributed by atoms with E-state index in [0.29, 0.717) is 23.6 Å². The van der Waals surface area contributed by atoms with Gasteiger partial charge >= 0.3 is 6.09 Å². The smallest absolute Gasteiger partial charge is 0.408 e. The van der Waals surface area contributed by atoms with E-state index >= 15 is 0 Å². The van der Waals surface area contributed by atoms with Crippen molar-refractivity contribution >= 4 is 23.5 Å². The maximum atomic E-state index is 13.2. The lowest BCUT2D eigenvalue weighted by Gasteiger charge is -2.23. The third-order valence-corrected chi connectivity index (χ3v) is 5.15. The number of benzene rings is 3. The molecule has 7 nitrogen and oxygen atoms in total. The number of carbonyl (C=O) groups excluding carboxylic acids is 3. The highest BCUT2D eigenvalue weighted by atomic mass is 16.6. The molecule has 3 aromatic rings. The Balaban J connectivity index is 1.73. The molecular formula is C29H32N2O5. The summed E-state index contributed by atoms with van der Waals surface area (Å²) in [5, 5.41) is 5.49. The van der Waals surface area contributed by atoms with Gasteiger partial charge in [0.25, 0.3) is 0 Å². The molecule has 0 heterocycles. The van der Waals surface area contributed by atoms with Gasteiger partial charge in [0, 0.05) is 17.7 Å². The van der Waals surface area contributed by atoms with E-state index in [1.165, 1.54) is 6.92 Å². The molecule has 0 aliphatic carbocycles. The quantitative estimate of drug-likeness (QED) is 0.386. The largest absolute Gasteiger partial charge is 0.489 e. The lowest BCUT2D eigenvalue weighted by Crippen LogP contribution is -2.47. The predicted molar refractivity (Wildman–Crippen MR) is 139 cm³/mol. The molecule has 36 heavy (non-hydrogen) atoms. The normalized spacial score (nSPS) is 11.8. The summed E-state index contributed by atoms with van der Waals surface area (Å²) in [6.45, 7) is 7.16. The summed E-state index contributed by atoms with van der Waals surface area (Å²) in [6.07, 6.45) is -0.467. The van der Waals surface area contributed by atoms with Crippen LogP contribution >= 0.6 is 0 Å². The maximum absolute atomic E-state index is 13.2. The van der Waals surface area contributed by atoms with E-state index in [1.54, 1.807) is 45.0 Å². The number of amides is 2. The summed E-state index contributed by atoms with van der Waals surface area (Å²) in [4.78, 5) is 37.2. The molecule has 3 aromatic carbocycles. The SMILES string of the molecule is CC(=O)c1ccc(NC(=O)C(Cc2cccc(OCc3ccccc3)c2)NC(=O)OC(C)(C)C)cc1. The molecular weight excluding hydrogens is 456 g/mol. The van der Waals surface area contributed by atoms with Crippen LogP contribution in [0.2, 0.25) is 0 Å². The van der Waals surface area contributed by atoms with Crippen molar-refractivity contribution in [1.29, 1.82) is 0 Å². The van der Waals surface area contributed by atoms with Gasteiger partial charge in [0.15, 0.2) is 5.78 Å². The van der Waals surface area contributed by atoms with Crippen molar-refractivity contribution in [2.45, 2.75) is 52.4 Å². The van der Waals surface area contributed by atoms with Crippen LogP contribution < -0.4 is 15.4 Å². The summed E-state index contributed by atoms with van der Waals surface area (Å²) < 4.78 is 11.3. The highest BCUT2D eigenvalue weighted by Crippen LogP contribution is 2.18. The summed E-state index contributed by atoms with van der Waals surface area (Å²) >= 11 is 0. The van der Waals surface area contributed by atoms with Gasteiger partial charge in [0.2, 0.25) is 5.91 Å². The van der Waals surface area contributed by atoms with E-state index in [9.17, 15) is 14.4 Å². The van der Waals surface area contributed by atoms with Gasteiger partial charge in [-0.05, 0) is 75.2 Å². The van der Waals surface area contributed by atoms with Crippen molar-refractivity contribution in [3.8, 4) is 5.75 Å². The summed E-state index contributed by atoms with van der Waals surface area (Å²) in [7, 11) is 0. The zero-order valence-electron chi connectivity index (χ0n) is 21.0. The van der Waals surface area contributed by atoms with Gasteiger partial charge in [0.05, 0.1) is 0 Å². The van der Waals surface area contributed by atoms with E-state index in [0.717, 1.165) is 11.1 Å². The number of Topliss-reactive ketones (excluding diaryl/α,β-unsaturated/α-hetero) is 1. The fraction of sp³-hybridized carbons (Fsp3) is 0.276. The molecule has 188 valence electrons. The Labute approximate surface area is 211 Å². The number of alkyl carbamates (subject to hydrolysis) is 1. The van der Waals surface area contributed by atoms with Crippen molar-refractivity contribution < 1.29 is 23.9 Å². The number of carbonyl (C=O) groups is 3. The van der Waals surface area contributed by atoms with Gasteiger partial charge in [0.1, 0.15) is 24.0 Å². The van der Waals surface area contributed by atoms with E-state index in [-0.39, 0.29) is 12.2 Å². The fourth-order valence-electron chi connectivity index (χ4n) is 3.42. The van der Waals surface area contributed by atoms with Gasteiger partial charge in [-0.25, -0.2) is 4.79 Å². The average molecular weight is 489 g/mol. The van der Waals surface area contributed by atoms with Gasteiger partial charge < -0.3 is 20.1 Å². The highest BCUT2D eigenvalue weighted by molar-refractivity contribution is 5.98. The first-order chi connectivity index (χ1) is 17.1. The van der Waals surface area contributed by atoms with Crippen LogP contribution in [0.4, 0.5) is 10.5 Å². The molecule has 2 N–H and O–H groups in total. The van der Waals surface area contributed by atoms with Crippen molar-refractivity contribution in [3.05, 3.63) is 95.6 Å². The Hall–Kier alpha value is -4.13. The van der Waals surface area contributed by atoms with E-state index in [4.69, 9.17) is 9.47 Å². The standard InChI is InChI=1S/C29H32N2O5/c1-20(32)23-13-15-24(16-14-23)30-27(33)26(31-28(34)36-29(2,3)4)18-22-11-8-12-25(17-22)35-19-21-9-6-5-7-10-21/h5-17,26H,18-19H2,1-4H3,(H,30,33)(H,31,34). The van der Waals surface area contributed by atoms with Crippen LogP contribution in [-0.4, -0.2) is 29.4 Å². The molecule has 0 aliphatic heterocycles. The number of anilines is 1. The van der Waals surface area contributed by atoms with Crippen LogP contribution in [0.15, 0.2) is 78.9 Å². The summed E-state index contributed by atoms with van der Waals surface area (Å²) in [5.74, 6) is 0.186. The fourth-order valence-corrected chi connectivity index (χ4v) is 3.42. The molecule has 0 saturated carbocycles. The van der Waals surface area contributed by atoms with Gasteiger partial charge in [-0.1, -0.05) is 42.5 Å². The Morgan fingerprint density at radius 1 is 0.861 bits per heavy atom. The molecule has 3 rings (SSSR count). The highest BCUT2D eigenvalue weighted by Gasteiger charge is 2.25. The average Bonchev–Trinajstić information content (AvgIpc) is 2.82. The van der Waals surface area contributed by atoms with E-state index in [1.807, 2.05) is 54.6 Å². The number of hydrogen-bond donors (Lipinski definition) is 2. The lowest BCUT2D eigenvalue weighted by atomic mass is 10.0. The van der Waals surface area contributed by atoms with Crippen LogP contribution in [0.3, 0.4) is 0 Å². The first-order valence-corrected chi connectivity index (χ1v) is 11.8. The molecule has 0 spiro atoms. The maximum Gasteiger partial charge on any atom is 0.408 e. The molecule has 1 unspecified atom stereocenters. The second kappa shape index (κ2) is 12.0. The van der Waals surface area contributed by atoms with Gasteiger partial charge in [-0.15, -0.1) is 0 Å². The lowest BCUT2D eigenvalue weighted by molar-refractivity contribution is -0.118. The molecule has 0 saturated heterocycles. The monoisotopic (exact) mass is 488 g/mol. The van der Waals surface area contributed by atoms with Crippen LogP contribution in [0.1, 0.15) is 49.2 Å². The predicted octanol–water partition coefficient (Wildman–Crippen LogP) is 5.54. The zero-order valence-corrected chi connectivity index (χ0v) is 21.0. The Kier molecular flexibility index (Phi) is 8.84. The molecule has 0 bridgehead atoms. The molecule has 1 atom stereocenters. The van der Waals surface area contributed by atoms with E-state index < -0.39 is 23.6 Å². The number of nitrogens with one attached hydrogen (secondary N) is 2. The van der Waals surface area contributed by atoms with Crippen molar-refractivity contribution in [2.24, 2.45) is 0 Å². The van der Waals surface area contributed by atoms with Crippen LogP contribution in [0, 0.1) is 0 Å². The Morgan fingerprint density at radius 2 is 1.53 bits per heavy atom. The minimum Gasteiger partial charge on any atom is -0.489 e. The van der Waals surface area contributed by atoms with Crippen LogP contribution in [0.5, 0.6) is 5.75 Å². The molecule has 0 aromatic heterocycles. The third kappa shape index (κ3) is 8.58. The number of hydrogen-bond acceptors (Lipinski definition) is 5.